The average molecular weight is 231 g/mol. The Morgan fingerprint density at radius 1 is 1.60 bits per heavy atom. The van der Waals surface area contributed by atoms with E-state index in [0.717, 1.165) is 19.5 Å². The van der Waals surface area contributed by atoms with Gasteiger partial charge in [-0.15, -0.1) is 12.4 Å². The zero-order chi connectivity index (χ0) is 10.1. The molecule has 0 unspecified atom stereocenters. The maximum atomic E-state index is 11.4. The van der Waals surface area contributed by atoms with Crippen LogP contribution in [-0.2, 0) is 24.8 Å². The monoisotopic (exact) mass is 230 g/mol. The molecule has 1 N–H and O–H groups in total. The van der Waals surface area contributed by atoms with Crippen molar-refractivity contribution >= 4 is 18.4 Å². The second-order valence-corrected chi connectivity index (χ2v) is 3.48. The summed E-state index contributed by atoms with van der Waals surface area (Å²) in [5.74, 6) is -0.262. The van der Waals surface area contributed by atoms with Crippen molar-refractivity contribution < 1.29 is 9.53 Å². The average Bonchev–Trinajstić information content (AvgIpc) is 2.56. The maximum absolute atomic E-state index is 11.4. The molecule has 0 bridgehead atoms. The smallest absolute Gasteiger partial charge is 0.354 e. The minimum Gasteiger partial charge on any atom is -0.464 e. The van der Waals surface area contributed by atoms with Gasteiger partial charge in [0, 0.05) is 32.3 Å². The van der Waals surface area contributed by atoms with E-state index < -0.39 is 0 Å². The second-order valence-electron chi connectivity index (χ2n) is 3.48. The van der Waals surface area contributed by atoms with Crippen molar-refractivity contribution in [2.24, 2.45) is 7.05 Å². The van der Waals surface area contributed by atoms with Gasteiger partial charge in [-0.1, -0.05) is 0 Å². The van der Waals surface area contributed by atoms with Crippen molar-refractivity contribution in [2.75, 3.05) is 13.7 Å². The van der Waals surface area contributed by atoms with Crippen LogP contribution in [0.4, 0.5) is 0 Å². The summed E-state index contributed by atoms with van der Waals surface area (Å²) in [6.45, 7) is 1.83. The van der Waals surface area contributed by atoms with Crippen molar-refractivity contribution in [1.82, 2.24) is 9.88 Å². The number of methoxy groups -OCH3 is 1. The molecule has 1 aliphatic rings. The number of carbonyl (C=O) groups is 1. The maximum Gasteiger partial charge on any atom is 0.354 e. The van der Waals surface area contributed by atoms with Crippen LogP contribution in [-0.4, -0.2) is 24.2 Å². The van der Waals surface area contributed by atoms with E-state index in [0.29, 0.717) is 5.69 Å². The van der Waals surface area contributed by atoms with E-state index in [9.17, 15) is 4.79 Å². The normalized spacial score (nSPS) is 14.0. The molecule has 0 fully saturated rings. The van der Waals surface area contributed by atoms with Crippen LogP contribution >= 0.6 is 12.4 Å². The lowest BCUT2D eigenvalue weighted by atomic mass is 10.1. The van der Waals surface area contributed by atoms with Crippen molar-refractivity contribution in [3.05, 3.63) is 23.0 Å². The van der Waals surface area contributed by atoms with Gasteiger partial charge in [-0.05, 0) is 11.6 Å². The van der Waals surface area contributed by atoms with Crippen LogP contribution in [0, 0.1) is 0 Å². The first-order valence-electron chi connectivity index (χ1n) is 4.70. The van der Waals surface area contributed by atoms with Gasteiger partial charge in [0.25, 0.3) is 0 Å². The highest BCUT2D eigenvalue weighted by atomic mass is 35.5. The number of nitrogens with one attached hydrogen (secondary N) is 1. The molecule has 1 aromatic rings. The number of carbonyl (C=O) groups excluding carboxylic acids is 1. The highest BCUT2D eigenvalue weighted by Gasteiger charge is 2.19. The van der Waals surface area contributed by atoms with Crippen molar-refractivity contribution in [1.29, 1.82) is 0 Å². The van der Waals surface area contributed by atoms with Gasteiger partial charge >= 0.3 is 5.97 Å². The standard InChI is InChI=1S/C10H14N2O2.ClH/c1-12-8-3-4-11-6-7(8)5-9(12)10(13)14-2;/h5,11H,3-4,6H2,1-2H3;1H. The molecule has 0 atom stereocenters. The summed E-state index contributed by atoms with van der Waals surface area (Å²) in [4.78, 5) is 11.4. The van der Waals surface area contributed by atoms with Crippen LogP contribution in [0.25, 0.3) is 0 Å². The predicted molar refractivity (Wildman–Crippen MR) is 59.4 cm³/mol. The van der Waals surface area contributed by atoms with Gasteiger partial charge in [-0.25, -0.2) is 4.79 Å². The van der Waals surface area contributed by atoms with Gasteiger partial charge in [0.05, 0.1) is 7.11 Å². The first-order chi connectivity index (χ1) is 6.74. The topological polar surface area (TPSA) is 43.3 Å². The van der Waals surface area contributed by atoms with Crippen LogP contribution in [0.3, 0.4) is 0 Å². The number of aromatic nitrogens is 1. The Morgan fingerprint density at radius 2 is 2.33 bits per heavy atom. The molecular weight excluding hydrogens is 216 g/mol. The fourth-order valence-corrected chi connectivity index (χ4v) is 1.92. The highest BCUT2D eigenvalue weighted by molar-refractivity contribution is 5.88. The zero-order valence-corrected chi connectivity index (χ0v) is 9.69. The van der Waals surface area contributed by atoms with E-state index in [2.05, 4.69) is 5.32 Å². The molecule has 0 saturated heterocycles. The molecule has 4 nitrogen and oxygen atoms in total. The number of hydrogen-bond donors (Lipinski definition) is 1. The van der Waals surface area contributed by atoms with Gasteiger partial charge in [0.2, 0.25) is 0 Å². The molecule has 0 amide bonds. The molecule has 1 aliphatic heterocycles. The third-order valence-corrected chi connectivity index (χ3v) is 2.70. The van der Waals surface area contributed by atoms with Gasteiger partial charge in [-0.3, -0.25) is 0 Å². The van der Waals surface area contributed by atoms with Crippen LogP contribution in [0.15, 0.2) is 6.07 Å². The summed E-state index contributed by atoms with van der Waals surface area (Å²) >= 11 is 0. The number of hydrogen-bond acceptors (Lipinski definition) is 3. The van der Waals surface area contributed by atoms with E-state index in [4.69, 9.17) is 4.74 Å². The van der Waals surface area contributed by atoms with Gasteiger partial charge < -0.3 is 14.6 Å². The first-order valence-corrected chi connectivity index (χ1v) is 4.70. The van der Waals surface area contributed by atoms with Crippen LogP contribution in [0.1, 0.15) is 21.7 Å². The fraction of sp³-hybridized carbons (Fsp3) is 0.500. The second kappa shape index (κ2) is 4.68. The first kappa shape index (κ1) is 12.1. The van der Waals surface area contributed by atoms with Gasteiger partial charge in [-0.2, -0.15) is 0 Å². The summed E-state index contributed by atoms with van der Waals surface area (Å²) in [7, 11) is 3.32. The molecule has 2 rings (SSSR count). The number of halogens is 1. The Kier molecular flexibility index (Phi) is 3.77. The highest BCUT2D eigenvalue weighted by Crippen LogP contribution is 2.18. The Labute approximate surface area is 95.0 Å². The minimum absolute atomic E-state index is 0. The summed E-state index contributed by atoms with van der Waals surface area (Å²) in [6.07, 6.45) is 0.975. The predicted octanol–water partition coefficient (Wildman–Crippen LogP) is 0.879. The Bertz CT molecular complexity index is 374. The molecule has 2 heterocycles. The number of ether oxygens (including phenoxy) is 1. The van der Waals surface area contributed by atoms with E-state index in [-0.39, 0.29) is 18.4 Å². The molecule has 0 saturated carbocycles. The van der Waals surface area contributed by atoms with Crippen molar-refractivity contribution in [3.63, 3.8) is 0 Å². The van der Waals surface area contributed by atoms with E-state index in [1.807, 2.05) is 17.7 Å². The molecule has 5 heteroatoms. The molecule has 0 spiro atoms. The number of rotatable bonds is 1. The third-order valence-electron chi connectivity index (χ3n) is 2.70. The van der Waals surface area contributed by atoms with Gasteiger partial charge in [0.1, 0.15) is 5.69 Å². The molecular formula is C10H15ClN2O2. The SMILES string of the molecule is COC(=O)c1cc2c(n1C)CCNC2.Cl. The molecule has 0 aromatic carbocycles. The lowest BCUT2D eigenvalue weighted by Crippen LogP contribution is -2.24. The fourth-order valence-electron chi connectivity index (χ4n) is 1.92. The van der Waals surface area contributed by atoms with Crippen LogP contribution in [0.2, 0.25) is 0 Å². The van der Waals surface area contributed by atoms with Crippen LogP contribution < -0.4 is 5.32 Å². The molecule has 0 radical (unpaired) electrons. The molecule has 15 heavy (non-hydrogen) atoms. The Hall–Kier alpha value is -1.00. The summed E-state index contributed by atoms with van der Waals surface area (Å²) < 4.78 is 6.65. The lowest BCUT2D eigenvalue weighted by Gasteiger charge is -2.14. The lowest BCUT2D eigenvalue weighted by molar-refractivity contribution is 0.0589. The quantitative estimate of drug-likeness (QED) is 0.729. The van der Waals surface area contributed by atoms with E-state index in [1.54, 1.807) is 0 Å². The largest absolute Gasteiger partial charge is 0.464 e. The number of fused-ring (bicyclic) bond motifs is 1. The van der Waals surface area contributed by atoms with E-state index in [1.165, 1.54) is 18.4 Å². The Balaban J connectivity index is 0.00000112. The molecule has 1 aromatic heterocycles. The summed E-state index contributed by atoms with van der Waals surface area (Å²) in [6, 6.07) is 1.91. The number of esters is 1. The summed E-state index contributed by atoms with van der Waals surface area (Å²) in [5, 5.41) is 3.27. The van der Waals surface area contributed by atoms with Crippen molar-refractivity contribution in [2.45, 2.75) is 13.0 Å². The molecule has 0 aliphatic carbocycles. The van der Waals surface area contributed by atoms with Crippen LogP contribution in [0.5, 0.6) is 0 Å². The summed E-state index contributed by atoms with van der Waals surface area (Å²) in [5.41, 5.74) is 3.09. The third kappa shape index (κ3) is 2.01. The number of nitrogens with zero attached hydrogens (tertiary/aromatic N) is 1. The molecule has 84 valence electrons. The van der Waals surface area contributed by atoms with Gasteiger partial charge in [0.15, 0.2) is 0 Å². The zero-order valence-electron chi connectivity index (χ0n) is 8.87. The minimum atomic E-state index is -0.262. The van der Waals surface area contributed by atoms with Crippen molar-refractivity contribution in [3.8, 4) is 0 Å². The van der Waals surface area contributed by atoms with E-state index >= 15 is 0 Å². The Morgan fingerprint density at radius 3 is 2.93 bits per heavy atom.